The molecule has 0 saturated carbocycles. The number of ether oxygens (including phenoxy) is 4. The lowest BCUT2D eigenvalue weighted by Crippen LogP contribution is -2.40. The molecule has 4 rings (SSSR count). The van der Waals surface area contributed by atoms with Gasteiger partial charge >= 0.3 is 11.9 Å². The Morgan fingerprint density at radius 2 is 1.87 bits per heavy atom. The largest absolute Gasteiger partial charge is 0.493 e. The van der Waals surface area contributed by atoms with Crippen LogP contribution in [0, 0.1) is 0 Å². The molecule has 0 saturated heterocycles. The van der Waals surface area contributed by atoms with E-state index < -0.39 is 18.0 Å². The maximum absolute atomic E-state index is 13.9. The number of rotatable bonds is 8. The van der Waals surface area contributed by atoms with Gasteiger partial charge in [-0.3, -0.25) is 14.2 Å². The number of hydrogen-bond acceptors (Lipinski definition) is 9. The molecule has 0 radical (unpaired) electrons. The van der Waals surface area contributed by atoms with Crippen LogP contribution in [0.5, 0.6) is 17.2 Å². The third-order valence-electron chi connectivity index (χ3n) is 5.83. The molecule has 1 aromatic heterocycles. The van der Waals surface area contributed by atoms with Crippen molar-refractivity contribution in [2.45, 2.75) is 46.8 Å². The predicted octanol–water partition coefficient (Wildman–Crippen LogP) is 3.52. The Labute approximate surface area is 229 Å². The number of methoxy groups -OCH3 is 1. The van der Waals surface area contributed by atoms with Gasteiger partial charge in [0.25, 0.3) is 5.56 Å². The van der Waals surface area contributed by atoms with E-state index in [4.69, 9.17) is 18.9 Å². The number of benzene rings is 2. The van der Waals surface area contributed by atoms with Crippen molar-refractivity contribution in [1.29, 1.82) is 0 Å². The summed E-state index contributed by atoms with van der Waals surface area (Å²) in [6, 6.07) is 11.6. The van der Waals surface area contributed by atoms with Gasteiger partial charge in [0.15, 0.2) is 16.3 Å². The van der Waals surface area contributed by atoms with Gasteiger partial charge < -0.3 is 18.9 Å². The van der Waals surface area contributed by atoms with Crippen molar-refractivity contribution in [3.05, 3.63) is 84.5 Å². The van der Waals surface area contributed by atoms with Crippen molar-refractivity contribution in [3.8, 4) is 17.2 Å². The molecule has 1 unspecified atom stereocenters. The summed E-state index contributed by atoms with van der Waals surface area (Å²) in [5, 5.41) is 0. The number of nitrogens with zero attached hydrogens (tertiary/aromatic N) is 2. The van der Waals surface area contributed by atoms with Gasteiger partial charge in [0.2, 0.25) is 0 Å². The van der Waals surface area contributed by atoms with Gasteiger partial charge in [-0.2, -0.15) is 0 Å². The molecular formula is C29H30N2O7S. The van der Waals surface area contributed by atoms with E-state index in [1.54, 1.807) is 38.1 Å². The van der Waals surface area contributed by atoms with Crippen LogP contribution in [0.3, 0.4) is 0 Å². The molecule has 0 fully saturated rings. The minimum Gasteiger partial charge on any atom is -0.493 e. The summed E-state index contributed by atoms with van der Waals surface area (Å²) in [6.07, 6.45) is 1.59. The van der Waals surface area contributed by atoms with E-state index in [1.807, 2.05) is 38.1 Å². The van der Waals surface area contributed by atoms with Crippen molar-refractivity contribution in [3.63, 3.8) is 0 Å². The van der Waals surface area contributed by atoms with E-state index in [-0.39, 0.29) is 29.6 Å². The topological polar surface area (TPSA) is 105 Å². The summed E-state index contributed by atoms with van der Waals surface area (Å²) in [6.45, 7) is 8.78. The first-order valence-electron chi connectivity index (χ1n) is 12.5. The standard InChI is InChI=1S/C29H30N2O7S/c1-7-36-28(34)25-17(4)30-29-31(26(25)20-10-8-9-11-21(20)37-16(2)3)27(33)24(39-29)15-19-12-13-22(38-18(5)32)23(14-19)35-6/h8-16,26H,7H2,1-6H3/b24-15-. The molecule has 0 N–H and O–H groups in total. The van der Waals surface area contributed by atoms with Gasteiger partial charge in [0.1, 0.15) is 11.8 Å². The predicted molar refractivity (Wildman–Crippen MR) is 147 cm³/mol. The number of allylic oxidation sites excluding steroid dienone is 1. The number of para-hydroxylation sites is 1. The Morgan fingerprint density at radius 3 is 2.54 bits per heavy atom. The lowest BCUT2D eigenvalue weighted by molar-refractivity contribution is -0.139. The monoisotopic (exact) mass is 550 g/mol. The SMILES string of the molecule is CCOC(=O)C1=C(C)N=c2s/c(=C\c3ccc(OC(C)=O)c(OC)c3)c(=O)n2C1c1ccccc1OC(C)C. The number of carbonyl (C=O) groups excluding carboxylic acids is 2. The summed E-state index contributed by atoms with van der Waals surface area (Å²) < 4.78 is 23.9. The molecule has 0 amide bonds. The first-order chi connectivity index (χ1) is 18.6. The van der Waals surface area contributed by atoms with Gasteiger partial charge in [0.05, 0.1) is 35.6 Å². The Bertz CT molecular complexity index is 1630. The highest BCUT2D eigenvalue weighted by Gasteiger charge is 2.35. The summed E-state index contributed by atoms with van der Waals surface area (Å²) in [5.74, 6) is 0.186. The van der Waals surface area contributed by atoms with Crippen molar-refractivity contribution in [2.75, 3.05) is 13.7 Å². The quantitative estimate of drug-likeness (QED) is 0.312. The summed E-state index contributed by atoms with van der Waals surface area (Å²) in [7, 11) is 1.47. The van der Waals surface area contributed by atoms with Crippen LogP contribution in [0.25, 0.3) is 6.08 Å². The van der Waals surface area contributed by atoms with E-state index in [2.05, 4.69) is 4.99 Å². The van der Waals surface area contributed by atoms with Gasteiger partial charge in [-0.1, -0.05) is 35.6 Å². The molecule has 3 aromatic rings. The molecule has 2 heterocycles. The number of aromatic nitrogens is 1. The third-order valence-corrected chi connectivity index (χ3v) is 6.82. The summed E-state index contributed by atoms with van der Waals surface area (Å²) in [4.78, 5) is 43.5. The van der Waals surface area contributed by atoms with Crippen molar-refractivity contribution >= 4 is 29.4 Å². The second-order valence-electron chi connectivity index (χ2n) is 9.01. The normalized spacial score (nSPS) is 15.1. The van der Waals surface area contributed by atoms with E-state index in [0.717, 1.165) is 0 Å². The van der Waals surface area contributed by atoms with E-state index in [9.17, 15) is 14.4 Å². The molecule has 0 spiro atoms. The maximum Gasteiger partial charge on any atom is 0.338 e. The van der Waals surface area contributed by atoms with E-state index in [0.29, 0.717) is 37.7 Å². The van der Waals surface area contributed by atoms with Crippen LogP contribution in [0.15, 0.2) is 63.5 Å². The fraction of sp³-hybridized carbons (Fsp3) is 0.310. The van der Waals surface area contributed by atoms with Gasteiger partial charge in [-0.25, -0.2) is 9.79 Å². The van der Waals surface area contributed by atoms with Crippen LogP contribution in [-0.2, 0) is 14.3 Å². The van der Waals surface area contributed by atoms with Crippen molar-refractivity contribution in [2.24, 2.45) is 4.99 Å². The fourth-order valence-electron chi connectivity index (χ4n) is 4.32. The highest BCUT2D eigenvalue weighted by atomic mass is 32.1. The average Bonchev–Trinajstić information content (AvgIpc) is 3.18. The van der Waals surface area contributed by atoms with Crippen LogP contribution in [0.1, 0.15) is 51.8 Å². The molecule has 1 atom stereocenters. The number of fused-ring (bicyclic) bond motifs is 1. The Kier molecular flexibility index (Phi) is 8.35. The van der Waals surface area contributed by atoms with Gasteiger partial charge in [0, 0.05) is 12.5 Å². The number of carbonyl (C=O) groups is 2. The molecule has 10 heteroatoms. The van der Waals surface area contributed by atoms with Crippen LogP contribution < -0.4 is 29.1 Å². The summed E-state index contributed by atoms with van der Waals surface area (Å²) >= 11 is 1.21. The molecular weight excluding hydrogens is 520 g/mol. The number of esters is 2. The molecule has 204 valence electrons. The minimum absolute atomic E-state index is 0.122. The zero-order valence-electron chi connectivity index (χ0n) is 22.6. The molecule has 0 bridgehead atoms. The average molecular weight is 551 g/mol. The molecule has 0 aliphatic carbocycles. The van der Waals surface area contributed by atoms with Crippen LogP contribution in [0.4, 0.5) is 0 Å². The zero-order chi connectivity index (χ0) is 28.3. The van der Waals surface area contributed by atoms with E-state index >= 15 is 0 Å². The maximum atomic E-state index is 13.9. The van der Waals surface area contributed by atoms with Gasteiger partial charge in [-0.15, -0.1) is 0 Å². The highest BCUT2D eigenvalue weighted by molar-refractivity contribution is 7.07. The van der Waals surface area contributed by atoms with Crippen LogP contribution in [-0.4, -0.2) is 36.3 Å². The fourth-order valence-corrected chi connectivity index (χ4v) is 5.36. The molecule has 39 heavy (non-hydrogen) atoms. The Morgan fingerprint density at radius 1 is 1.13 bits per heavy atom. The first kappa shape index (κ1) is 27.8. The van der Waals surface area contributed by atoms with Gasteiger partial charge in [-0.05, 0) is 57.5 Å². The smallest absolute Gasteiger partial charge is 0.338 e. The third kappa shape index (κ3) is 5.80. The second-order valence-corrected chi connectivity index (χ2v) is 10.0. The Balaban J connectivity index is 1.93. The lowest BCUT2D eigenvalue weighted by atomic mass is 9.95. The molecule has 1 aliphatic heterocycles. The minimum atomic E-state index is -0.793. The second kappa shape index (κ2) is 11.7. The van der Waals surface area contributed by atoms with Crippen molar-refractivity contribution < 1.29 is 28.5 Å². The number of hydrogen-bond donors (Lipinski definition) is 0. The molecule has 9 nitrogen and oxygen atoms in total. The highest BCUT2D eigenvalue weighted by Crippen LogP contribution is 2.36. The zero-order valence-corrected chi connectivity index (χ0v) is 23.5. The molecule has 1 aliphatic rings. The number of thiazole rings is 1. The first-order valence-corrected chi connectivity index (χ1v) is 13.3. The van der Waals surface area contributed by atoms with Crippen LogP contribution in [0.2, 0.25) is 0 Å². The van der Waals surface area contributed by atoms with E-state index in [1.165, 1.54) is 29.9 Å². The summed E-state index contributed by atoms with van der Waals surface area (Å²) in [5.41, 5.74) is 1.75. The van der Waals surface area contributed by atoms with Crippen molar-refractivity contribution in [1.82, 2.24) is 4.57 Å². The lowest BCUT2D eigenvalue weighted by Gasteiger charge is -2.26. The molecule has 2 aromatic carbocycles. The van der Waals surface area contributed by atoms with Crippen LogP contribution >= 0.6 is 11.3 Å². The Hall–Kier alpha value is -4.18.